The van der Waals surface area contributed by atoms with Gasteiger partial charge in [0, 0.05) is 22.6 Å². The Morgan fingerprint density at radius 1 is 1.28 bits per heavy atom. The molecule has 0 fully saturated rings. The third-order valence-electron chi connectivity index (χ3n) is 4.15. The molecule has 2 aromatic rings. The minimum Gasteiger partial charge on any atom is -0.487 e. The van der Waals surface area contributed by atoms with Crippen molar-refractivity contribution in [3.63, 3.8) is 0 Å². The number of amides is 1. The molecule has 0 aliphatic carbocycles. The SMILES string of the molecule is CSc1ccccc1C(=O)NC1CC(C)(C)Oc2ccc(N)cc21.Cl. The number of carbonyl (C=O) groups excluding carboxylic acids is 1. The summed E-state index contributed by atoms with van der Waals surface area (Å²) in [6.45, 7) is 4.06. The van der Waals surface area contributed by atoms with Crippen molar-refractivity contribution in [1.82, 2.24) is 5.32 Å². The van der Waals surface area contributed by atoms with E-state index in [4.69, 9.17) is 10.5 Å². The molecule has 1 unspecified atom stereocenters. The van der Waals surface area contributed by atoms with E-state index in [1.165, 1.54) is 0 Å². The number of thioether (sulfide) groups is 1. The molecule has 1 atom stereocenters. The number of halogens is 1. The Balaban J connectivity index is 0.00000225. The monoisotopic (exact) mass is 378 g/mol. The summed E-state index contributed by atoms with van der Waals surface area (Å²) >= 11 is 1.57. The fourth-order valence-electron chi connectivity index (χ4n) is 3.07. The van der Waals surface area contributed by atoms with Crippen molar-refractivity contribution in [2.45, 2.75) is 36.8 Å². The smallest absolute Gasteiger partial charge is 0.252 e. The number of hydrogen-bond donors (Lipinski definition) is 2. The van der Waals surface area contributed by atoms with Crippen LogP contribution in [0, 0.1) is 0 Å². The number of benzene rings is 2. The Hall–Kier alpha value is -1.85. The molecule has 1 aliphatic heterocycles. The van der Waals surface area contributed by atoms with E-state index >= 15 is 0 Å². The van der Waals surface area contributed by atoms with E-state index < -0.39 is 0 Å². The molecule has 0 radical (unpaired) electrons. The first kappa shape index (κ1) is 19.5. The van der Waals surface area contributed by atoms with Crippen LogP contribution in [0.25, 0.3) is 0 Å². The molecule has 134 valence electrons. The second kappa shape index (κ2) is 7.58. The molecule has 25 heavy (non-hydrogen) atoms. The molecule has 2 aromatic carbocycles. The number of carbonyl (C=O) groups is 1. The Kier molecular flexibility index (Phi) is 5.91. The second-order valence-electron chi connectivity index (χ2n) is 6.59. The van der Waals surface area contributed by atoms with Crippen molar-refractivity contribution in [2.75, 3.05) is 12.0 Å². The van der Waals surface area contributed by atoms with E-state index in [-0.39, 0.29) is 30.0 Å². The average Bonchev–Trinajstić information content (AvgIpc) is 2.54. The summed E-state index contributed by atoms with van der Waals surface area (Å²) in [7, 11) is 0. The van der Waals surface area contributed by atoms with E-state index in [0.717, 1.165) is 16.2 Å². The van der Waals surface area contributed by atoms with E-state index in [0.29, 0.717) is 17.7 Å². The molecule has 0 saturated heterocycles. The minimum atomic E-state index is -0.347. The summed E-state index contributed by atoms with van der Waals surface area (Å²) in [6, 6.07) is 13.1. The molecule has 0 bridgehead atoms. The van der Waals surface area contributed by atoms with Crippen LogP contribution in [-0.2, 0) is 0 Å². The number of nitrogens with one attached hydrogen (secondary N) is 1. The van der Waals surface area contributed by atoms with Gasteiger partial charge in [0.15, 0.2) is 0 Å². The van der Waals surface area contributed by atoms with Crippen molar-refractivity contribution in [1.29, 1.82) is 0 Å². The maximum atomic E-state index is 12.8. The van der Waals surface area contributed by atoms with Gasteiger partial charge in [-0.1, -0.05) is 12.1 Å². The van der Waals surface area contributed by atoms with Gasteiger partial charge >= 0.3 is 0 Å². The van der Waals surface area contributed by atoms with Gasteiger partial charge in [0.2, 0.25) is 0 Å². The molecule has 4 nitrogen and oxygen atoms in total. The second-order valence-corrected chi connectivity index (χ2v) is 7.44. The molecule has 1 aliphatic rings. The molecule has 1 heterocycles. The normalized spacial score (nSPS) is 17.6. The molecule has 0 saturated carbocycles. The van der Waals surface area contributed by atoms with Gasteiger partial charge < -0.3 is 15.8 Å². The van der Waals surface area contributed by atoms with E-state index in [1.54, 1.807) is 11.8 Å². The molecule has 1 amide bonds. The summed E-state index contributed by atoms with van der Waals surface area (Å²) in [5.74, 6) is 0.708. The average molecular weight is 379 g/mol. The molecule has 6 heteroatoms. The predicted octanol–water partition coefficient (Wildman–Crippen LogP) is 4.44. The highest BCUT2D eigenvalue weighted by Crippen LogP contribution is 2.40. The first-order valence-electron chi connectivity index (χ1n) is 7.92. The minimum absolute atomic E-state index is 0. The van der Waals surface area contributed by atoms with Crippen molar-refractivity contribution < 1.29 is 9.53 Å². The van der Waals surface area contributed by atoms with Gasteiger partial charge in [0.1, 0.15) is 11.4 Å². The van der Waals surface area contributed by atoms with Gasteiger partial charge in [-0.15, -0.1) is 24.2 Å². The maximum absolute atomic E-state index is 12.8. The highest BCUT2D eigenvalue weighted by molar-refractivity contribution is 7.98. The predicted molar refractivity (Wildman–Crippen MR) is 106 cm³/mol. The Morgan fingerprint density at radius 2 is 2.00 bits per heavy atom. The highest BCUT2D eigenvalue weighted by Gasteiger charge is 2.35. The van der Waals surface area contributed by atoms with Crippen LogP contribution in [0.4, 0.5) is 5.69 Å². The van der Waals surface area contributed by atoms with Gasteiger partial charge in [-0.3, -0.25) is 4.79 Å². The first-order chi connectivity index (χ1) is 11.4. The van der Waals surface area contributed by atoms with Crippen LogP contribution in [0.3, 0.4) is 0 Å². The number of ether oxygens (including phenoxy) is 1. The summed E-state index contributed by atoms with van der Waals surface area (Å²) < 4.78 is 6.03. The molecular weight excluding hydrogens is 356 g/mol. The Morgan fingerprint density at radius 3 is 2.72 bits per heavy atom. The summed E-state index contributed by atoms with van der Waals surface area (Å²) in [4.78, 5) is 13.8. The van der Waals surface area contributed by atoms with Crippen molar-refractivity contribution in [2.24, 2.45) is 0 Å². The quantitative estimate of drug-likeness (QED) is 0.612. The van der Waals surface area contributed by atoms with Crippen LogP contribution in [0.15, 0.2) is 47.4 Å². The third-order valence-corrected chi connectivity index (χ3v) is 4.94. The lowest BCUT2D eigenvalue weighted by molar-refractivity contribution is 0.0619. The maximum Gasteiger partial charge on any atom is 0.252 e. The number of nitrogen functional groups attached to an aromatic ring is 1. The first-order valence-corrected chi connectivity index (χ1v) is 9.14. The van der Waals surface area contributed by atoms with Gasteiger partial charge in [0.05, 0.1) is 11.6 Å². The largest absolute Gasteiger partial charge is 0.487 e. The van der Waals surface area contributed by atoms with E-state index in [9.17, 15) is 4.79 Å². The lowest BCUT2D eigenvalue weighted by Crippen LogP contribution is -2.41. The van der Waals surface area contributed by atoms with Gasteiger partial charge in [-0.05, 0) is 50.4 Å². The Bertz CT molecular complexity index is 780. The van der Waals surface area contributed by atoms with Crippen molar-refractivity contribution in [3.05, 3.63) is 53.6 Å². The molecular formula is C19H23ClN2O2S. The van der Waals surface area contributed by atoms with Crippen molar-refractivity contribution >= 4 is 35.8 Å². The lowest BCUT2D eigenvalue weighted by atomic mass is 9.89. The molecule has 0 aromatic heterocycles. The fourth-order valence-corrected chi connectivity index (χ4v) is 3.67. The highest BCUT2D eigenvalue weighted by atomic mass is 35.5. The molecule has 3 rings (SSSR count). The zero-order valence-corrected chi connectivity index (χ0v) is 16.2. The van der Waals surface area contributed by atoms with Gasteiger partial charge in [0.25, 0.3) is 5.91 Å². The van der Waals surface area contributed by atoms with Crippen LogP contribution in [0.2, 0.25) is 0 Å². The Labute approximate surface area is 158 Å². The van der Waals surface area contributed by atoms with E-state index in [1.807, 2.05) is 62.6 Å². The summed E-state index contributed by atoms with van der Waals surface area (Å²) in [5.41, 5.74) is 7.88. The zero-order chi connectivity index (χ0) is 17.3. The third kappa shape index (κ3) is 4.22. The van der Waals surface area contributed by atoms with E-state index in [2.05, 4.69) is 5.32 Å². The molecule has 3 N–H and O–H groups in total. The number of fused-ring (bicyclic) bond motifs is 1. The van der Waals surface area contributed by atoms with Crippen molar-refractivity contribution in [3.8, 4) is 5.75 Å². The number of anilines is 1. The molecule has 0 spiro atoms. The lowest BCUT2D eigenvalue weighted by Gasteiger charge is -2.38. The van der Waals surface area contributed by atoms with Gasteiger partial charge in [-0.25, -0.2) is 0 Å². The number of rotatable bonds is 3. The number of nitrogens with two attached hydrogens (primary N) is 1. The number of hydrogen-bond acceptors (Lipinski definition) is 4. The summed E-state index contributed by atoms with van der Waals surface area (Å²) in [5, 5.41) is 3.16. The van der Waals surface area contributed by atoms with Crippen LogP contribution >= 0.6 is 24.2 Å². The fraction of sp³-hybridized carbons (Fsp3) is 0.316. The van der Waals surface area contributed by atoms with Crippen LogP contribution in [-0.4, -0.2) is 17.8 Å². The van der Waals surface area contributed by atoms with Crippen LogP contribution in [0.1, 0.15) is 42.2 Å². The van der Waals surface area contributed by atoms with Gasteiger partial charge in [-0.2, -0.15) is 0 Å². The topological polar surface area (TPSA) is 64.3 Å². The summed E-state index contributed by atoms with van der Waals surface area (Å²) in [6.07, 6.45) is 2.66. The van der Waals surface area contributed by atoms with Crippen LogP contribution in [0.5, 0.6) is 5.75 Å². The van der Waals surface area contributed by atoms with Crippen LogP contribution < -0.4 is 15.8 Å². The zero-order valence-electron chi connectivity index (χ0n) is 14.5. The standard InChI is InChI=1S/C19H22N2O2S.ClH/c1-19(2)11-15(14-10-12(20)8-9-16(14)23-19)21-18(22)13-6-4-5-7-17(13)24-3;/h4-10,15H,11,20H2,1-3H3,(H,21,22);1H.